The molecular formula is C22H22F3NO2. The van der Waals surface area contributed by atoms with Gasteiger partial charge in [-0.05, 0) is 35.3 Å². The van der Waals surface area contributed by atoms with Gasteiger partial charge < -0.3 is 9.47 Å². The summed E-state index contributed by atoms with van der Waals surface area (Å²) in [4.78, 5) is 2.48. The van der Waals surface area contributed by atoms with Crippen LogP contribution in [0.2, 0.25) is 0 Å². The van der Waals surface area contributed by atoms with E-state index in [2.05, 4.69) is 35.2 Å². The first-order valence-corrected chi connectivity index (χ1v) is 9.36. The topological polar surface area (TPSA) is 21.7 Å². The zero-order valence-electron chi connectivity index (χ0n) is 15.4. The van der Waals surface area contributed by atoms with Gasteiger partial charge in [0.2, 0.25) is 0 Å². The fraction of sp³-hybridized carbons (Fsp3) is 0.364. The average Bonchev–Trinajstić information content (AvgIpc) is 2.67. The number of ether oxygens (including phenoxy) is 2. The fourth-order valence-corrected chi connectivity index (χ4v) is 3.85. The first-order valence-electron chi connectivity index (χ1n) is 9.36. The van der Waals surface area contributed by atoms with E-state index in [4.69, 9.17) is 9.47 Å². The van der Waals surface area contributed by atoms with Gasteiger partial charge >= 0.3 is 6.18 Å². The highest BCUT2D eigenvalue weighted by molar-refractivity contribution is 5.68. The molecule has 1 saturated heterocycles. The summed E-state index contributed by atoms with van der Waals surface area (Å²) in [7, 11) is 0. The van der Waals surface area contributed by atoms with E-state index < -0.39 is 12.8 Å². The molecule has 2 aromatic rings. The Morgan fingerprint density at radius 1 is 1.00 bits per heavy atom. The van der Waals surface area contributed by atoms with Gasteiger partial charge in [-0.15, -0.1) is 0 Å². The lowest BCUT2D eigenvalue weighted by Gasteiger charge is -2.44. The minimum absolute atomic E-state index is 0.198. The van der Waals surface area contributed by atoms with Gasteiger partial charge in [0.15, 0.2) is 6.61 Å². The van der Waals surface area contributed by atoms with Gasteiger partial charge in [0.25, 0.3) is 0 Å². The summed E-state index contributed by atoms with van der Waals surface area (Å²) in [5, 5.41) is 0. The molecule has 0 spiro atoms. The first kappa shape index (κ1) is 19.0. The number of halogens is 3. The second-order valence-corrected chi connectivity index (χ2v) is 7.24. The Hall–Kier alpha value is -2.31. The molecule has 148 valence electrons. The van der Waals surface area contributed by atoms with E-state index in [1.54, 1.807) is 12.1 Å². The molecule has 0 radical (unpaired) electrons. The second-order valence-electron chi connectivity index (χ2n) is 7.24. The van der Waals surface area contributed by atoms with Crippen LogP contribution in [0.5, 0.6) is 5.75 Å². The molecular weight excluding hydrogens is 367 g/mol. The quantitative estimate of drug-likeness (QED) is 0.741. The number of hydrogen-bond donors (Lipinski definition) is 0. The van der Waals surface area contributed by atoms with Crippen LogP contribution in [-0.4, -0.2) is 43.0 Å². The van der Waals surface area contributed by atoms with E-state index >= 15 is 0 Å². The summed E-state index contributed by atoms with van der Waals surface area (Å²) in [6.45, 7) is 0.950. The summed E-state index contributed by atoms with van der Waals surface area (Å²) in [6.07, 6.45) is -1.25. The fourth-order valence-electron chi connectivity index (χ4n) is 3.85. The summed E-state index contributed by atoms with van der Waals surface area (Å²) in [5.74, 6) is 0.228. The van der Waals surface area contributed by atoms with E-state index in [1.807, 2.05) is 18.2 Å². The molecule has 28 heavy (non-hydrogen) atoms. The van der Waals surface area contributed by atoms with Crippen molar-refractivity contribution >= 4 is 5.57 Å². The maximum atomic E-state index is 12.3. The lowest BCUT2D eigenvalue weighted by atomic mass is 9.89. The molecule has 0 N–H and O–H groups in total. The highest BCUT2D eigenvalue weighted by Crippen LogP contribution is 2.34. The molecule has 2 atom stereocenters. The van der Waals surface area contributed by atoms with E-state index in [1.165, 1.54) is 11.1 Å². The second kappa shape index (κ2) is 7.97. The monoisotopic (exact) mass is 389 g/mol. The van der Waals surface area contributed by atoms with Crippen molar-refractivity contribution in [2.45, 2.75) is 31.2 Å². The van der Waals surface area contributed by atoms with Crippen molar-refractivity contribution in [3.05, 3.63) is 71.8 Å². The van der Waals surface area contributed by atoms with Crippen molar-refractivity contribution in [3.63, 3.8) is 0 Å². The molecule has 2 unspecified atom stereocenters. The molecule has 1 fully saturated rings. The van der Waals surface area contributed by atoms with Crippen molar-refractivity contribution in [1.29, 1.82) is 0 Å². The van der Waals surface area contributed by atoms with Crippen LogP contribution in [0, 0.1) is 0 Å². The minimum atomic E-state index is -4.33. The van der Waals surface area contributed by atoms with Gasteiger partial charge in [0, 0.05) is 12.6 Å². The first-order chi connectivity index (χ1) is 13.5. The largest absolute Gasteiger partial charge is 0.484 e. The number of hydrogen-bond acceptors (Lipinski definition) is 3. The number of benzene rings is 2. The molecule has 2 bridgehead atoms. The Morgan fingerprint density at radius 2 is 1.75 bits per heavy atom. The molecule has 6 heteroatoms. The normalized spacial score (nSPS) is 22.6. The van der Waals surface area contributed by atoms with Crippen LogP contribution in [0.25, 0.3) is 5.57 Å². The Morgan fingerprint density at radius 3 is 2.43 bits per heavy atom. The maximum Gasteiger partial charge on any atom is 0.422 e. The Bertz CT molecular complexity index is 818. The Balaban J connectivity index is 1.47. The van der Waals surface area contributed by atoms with E-state index in [0.29, 0.717) is 19.3 Å². The number of fused-ring (bicyclic) bond motifs is 2. The highest BCUT2D eigenvalue weighted by Gasteiger charge is 2.35. The number of rotatable bonds is 5. The number of morpholine rings is 1. The minimum Gasteiger partial charge on any atom is -0.484 e. The highest BCUT2D eigenvalue weighted by atomic mass is 19.4. The van der Waals surface area contributed by atoms with Crippen LogP contribution in [-0.2, 0) is 11.3 Å². The van der Waals surface area contributed by atoms with E-state index in [0.717, 1.165) is 18.5 Å². The third kappa shape index (κ3) is 4.56. The van der Waals surface area contributed by atoms with Crippen molar-refractivity contribution in [1.82, 2.24) is 4.90 Å². The average molecular weight is 389 g/mol. The third-order valence-electron chi connectivity index (χ3n) is 5.18. The number of alkyl halides is 3. The van der Waals surface area contributed by atoms with E-state index in [9.17, 15) is 13.2 Å². The zero-order valence-corrected chi connectivity index (χ0v) is 15.4. The van der Waals surface area contributed by atoms with Crippen LogP contribution in [0.3, 0.4) is 0 Å². The molecule has 2 aliphatic rings. The van der Waals surface area contributed by atoms with Crippen molar-refractivity contribution in [2.24, 2.45) is 0 Å². The molecule has 2 aromatic carbocycles. The van der Waals surface area contributed by atoms with Crippen LogP contribution in [0.1, 0.15) is 17.5 Å². The van der Waals surface area contributed by atoms with Gasteiger partial charge in [-0.2, -0.15) is 13.2 Å². The van der Waals surface area contributed by atoms with Crippen molar-refractivity contribution in [2.75, 3.05) is 19.8 Å². The van der Waals surface area contributed by atoms with Crippen LogP contribution < -0.4 is 4.74 Å². The lowest BCUT2D eigenvalue weighted by molar-refractivity contribution is -0.153. The van der Waals surface area contributed by atoms with Gasteiger partial charge in [-0.3, -0.25) is 4.90 Å². The molecule has 4 rings (SSSR count). The Labute approximate surface area is 162 Å². The summed E-state index contributed by atoms with van der Waals surface area (Å²) < 4.78 is 47.4. The smallest absolute Gasteiger partial charge is 0.422 e. The van der Waals surface area contributed by atoms with Gasteiger partial charge in [0.05, 0.1) is 19.3 Å². The lowest BCUT2D eigenvalue weighted by Crippen LogP contribution is -2.53. The molecule has 3 nitrogen and oxygen atoms in total. The zero-order chi connectivity index (χ0) is 19.6. The molecule has 2 heterocycles. The molecule has 0 aliphatic carbocycles. The van der Waals surface area contributed by atoms with Gasteiger partial charge in [-0.1, -0.05) is 48.5 Å². The number of nitrogens with zero attached hydrogens (tertiary/aromatic N) is 1. The summed E-state index contributed by atoms with van der Waals surface area (Å²) >= 11 is 0. The van der Waals surface area contributed by atoms with Crippen LogP contribution in [0.4, 0.5) is 13.2 Å². The predicted octanol–water partition coefficient (Wildman–Crippen LogP) is 4.68. The van der Waals surface area contributed by atoms with Crippen molar-refractivity contribution in [3.8, 4) is 5.75 Å². The van der Waals surface area contributed by atoms with Crippen LogP contribution >= 0.6 is 0 Å². The maximum absolute atomic E-state index is 12.3. The van der Waals surface area contributed by atoms with Gasteiger partial charge in [0.1, 0.15) is 5.75 Å². The van der Waals surface area contributed by atoms with E-state index in [-0.39, 0.29) is 11.8 Å². The molecule has 0 aromatic heterocycles. The standard InChI is InChI=1S/C22H22F3NO2/c23-22(24,25)15-28-21-8-6-17(7-9-21)18-10-19-13-27-14-20(11-18)26(19)12-16-4-2-1-3-5-16/h1-10,19-20H,11-15H2. The predicted molar refractivity (Wildman–Crippen MR) is 101 cm³/mol. The van der Waals surface area contributed by atoms with Crippen molar-refractivity contribution < 1.29 is 22.6 Å². The Kier molecular flexibility index (Phi) is 5.42. The van der Waals surface area contributed by atoms with Crippen LogP contribution in [0.15, 0.2) is 60.7 Å². The summed E-state index contributed by atoms with van der Waals surface area (Å²) in [5.41, 5.74) is 3.52. The SMILES string of the molecule is FC(F)(F)COc1ccc(C2=CC3COCC(C2)N3Cc2ccccc2)cc1. The molecule has 0 saturated carbocycles. The molecule has 0 amide bonds. The summed E-state index contributed by atoms with van der Waals surface area (Å²) in [6, 6.07) is 17.7. The third-order valence-corrected chi connectivity index (χ3v) is 5.18. The molecule has 2 aliphatic heterocycles. The van der Waals surface area contributed by atoms with Gasteiger partial charge in [-0.25, -0.2) is 0 Å².